The third-order valence-corrected chi connectivity index (χ3v) is 8.82. The molecule has 11 heteroatoms. The molecule has 11 nitrogen and oxygen atoms in total. The Kier molecular flexibility index (Phi) is 15.5. The monoisotopic (exact) mass is 692 g/mol. The minimum Gasteiger partial charge on any atom is -0.499 e. The molecular formula is C39H52N2O9. The molecule has 2 aliphatic rings. The number of hydrogen-bond donors (Lipinski definition) is 4. The second-order valence-corrected chi connectivity index (χ2v) is 12.7. The van der Waals surface area contributed by atoms with Crippen LogP contribution in [0.1, 0.15) is 103 Å². The molecule has 1 saturated heterocycles. The summed E-state index contributed by atoms with van der Waals surface area (Å²) in [7, 11) is 0. The van der Waals surface area contributed by atoms with E-state index in [1.165, 1.54) is 6.26 Å². The number of aliphatic hydroxyl groups excluding tert-OH is 2. The highest BCUT2D eigenvalue weighted by molar-refractivity contribution is 5.96. The van der Waals surface area contributed by atoms with Crippen LogP contribution in [0.5, 0.6) is 0 Å². The van der Waals surface area contributed by atoms with Gasteiger partial charge in [0.2, 0.25) is 5.91 Å². The first-order valence-electron chi connectivity index (χ1n) is 17.8. The van der Waals surface area contributed by atoms with E-state index in [0.29, 0.717) is 35.1 Å². The Morgan fingerprint density at radius 3 is 2.40 bits per heavy atom. The molecule has 2 amide bonds. The second-order valence-electron chi connectivity index (χ2n) is 12.7. The minimum atomic E-state index is -0.839. The maximum atomic E-state index is 13.7. The molecule has 50 heavy (non-hydrogen) atoms. The van der Waals surface area contributed by atoms with E-state index in [0.717, 1.165) is 44.1 Å². The third kappa shape index (κ3) is 11.0. The van der Waals surface area contributed by atoms with E-state index in [1.807, 2.05) is 6.07 Å². The van der Waals surface area contributed by atoms with Crippen molar-refractivity contribution in [2.75, 3.05) is 26.4 Å². The van der Waals surface area contributed by atoms with Gasteiger partial charge < -0.3 is 39.8 Å². The smallest absolute Gasteiger partial charge is 0.339 e. The normalized spacial score (nSPS) is 19.4. The van der Waals surface area contributed by atoms with Gasteiger partial charge in [-0.3, -0.25) is 9.59 Å². The van der Waals surface area contributed by atoms with Crippen LogP contribution in [0.3, 0.4) is 0 Å². The number of carbonyl (C=O) groups is 3. The molecule has 1 aliphatic carbocycles. The molecule has 0 unspecified atom stereocenters. The second kappa shape index (κ2) is 20.0. The molecule has 2 aromatic carbocycles. The maximum absolute atomic E-state index is 13.7. The van der Waals surface area contributed by atoms with E-state index < -0.39 is 30.1 Å². The molecule has 0 spiro atoms. The predicted molar refractivity (Wildman–Crippen MR) is 189 cm³/mol. The van der Waals surface area contributed by atoms with Gasteiger partial charge in [0, 0.05) is 43.5 Å². The number of aliphatic hydroxyl groups is 2. The van der Waals surface area contributed by atoms with Gasteiger partial charge in [0.1, 0.15) is 24.9 Å². The van der Waals surface area contributed by atoms with Crippen molar-refractivity contribution < 1.29 is 43.5 Å². The van der Waals surface area contributed by atoms with E-state index in [4.69, 9.17) is 29.2 Å². The number of benzene rings is 2. The van der Waals surface area contributed by atoms with Gasteiger partial charge in [-0.05, 0) is 54.3 Å². The highest BCUT2D eigenvalue weighted by atomic mass is 16.8. The van der Waals surface area contributed by atoms with Crippen LogP contribution in [-0.2, 0) is 30.3 Å². The minimum absolute atomic E-state index is 0.128. The van der Waals surface area contributed by atoms with Gasteiger partial charge in [-0.25, -0.2) is 4.79 Å². The Bertz CT molecular complexity index is 1460. The molecule has 0 bridgehead atoms. The lowest BCUT2D eigenvalue weighted by Crippen LogP contribution is -2.43. The average molecular weight is 693 g/mol. The summed E-state index contributed by atoms with van der Waals surface area (Å²) in [5.41, 5.74) is 2.48. The molecule has 0 saturated carbocycles. The molecule has 0 aromatic heterocycles. The number of unbranched alkanes of at least 4 members (excludes halogenated alkanes) is 4. The quantitative estimate of drug-likeness (QED) is 0.0834. The largest absolute Gasteiger partial charge is 0.499 e. The van der Waals surface area contributed by atoms with Crippen LogP contribution in [0.4, 0.5) is 0 Å². The molecule has 4 N–H and O–H groups in total. The number of rotatable bonds is 20. The average Bonchev–Trinajstić information content (AvgIpc) is 3.50. The van der Waals surface area contributed by atoms with Gasteiger partial charge >= 0.3 is 5.97 Å². The van der Waals surface area contributed by atoms with Gasteiger partial charge in [0.25, 0.3) is 5.91 Å². The standard InChI is InChI=1S/C39H52N2O9/c1-3-5-9-17-39(18-10-6-4-2)49-34-26-31(37(45)41-27-28-12-11-14-30(24-28)36(44)40-19-20-42)25-33(35(34)50-39)48-38(46)32-15-8-7-13-29(32)16-22-47-23-21-43/h7-8,11-16,22,24,26,33-35,42-43H,3-6,9-10,17-21,23,25,27H2,1-2H3,(H,40,44)(H,41,45)/t33-,34-,35+/m1/s1. The molecule has 3 atom stereocenters. The number of nitrogens with one attached hydrogen (secondary N) is 2. The van der Waals surface area contributed by atoms with Crippen molar-refractivity contribution in [3.8, 4) is 0 Å². The van der Waals surface area contributed by atoms with E-state index in [-0.39, 0.29) is 51.1 Å². The Morgan fingerprint density at radius 1 is 0.920 bits per heavy atom. The number of hydrogen-bond acceptors (Lipinski definition) is 9. The molecule has 272 valence electrons. The molecule has 1 heterocycles. The van der Waals surface area contributed by atoms with Crippen molar-refractivity contribution in [3.63, 3.8) is 0 Å². The fourth-order valence-electron chi connectivity index (χ4n) is 6.26. The topological polar surface area (TPSA) is 153 Å². The van der Waals surface area contributed by atoms with E-state index in [1.54, 1.807) is 54.6 Å². The predicted octanol–water partition coefficient (Wildman–Crippen LogP) is 5.20. The molecular weight excluding hydrogens is 640 g/mol. The van der Waals surface area contributed by atoms with Crippen molar-refractivity contribution in [1.82, 2.24) is 10.6 Å². The van der Waals surface area contributed by atoms with Crippen LogP contribution in [-0.4, -0.2) is 78.5 Å². The molecule has 1 fully saturated rings. The molecule has 1 aliphatic heterocycles. The Hall–Kier alpha value is -4.03. The Labute approximate surface area is 295 Å². The number of esters is 1. The first-order valence-corrected chi connectivity index (χ1v) is 17.8. The zero-order valence-electron chi connectivity index (χ0n) is 29.2. The van der Waals surface area contributed by atoms with Crippen molar-refractivity contribution >= 4 is 23.9 Å². The van der Waals surface area contributed by atoms with E-state index >= 15 is 0 Å². The summed E-state index contributed by atoms with van der Waals surface area (Å²) >= 11 is 0. The number of fused-ring (bicyclic) bond motifs is 1. The molecule has 2 aromatic rings. The van der Waals surface area contributed by atoms with Crippen LogP contribution in [0.2, 0.25) is 0 Å². The lowest BCUT2D eigenvalue weighted by atomic mass is 9.91. The fraction of sp³-hybridized carbons (Fsp3) is 0.513. The van der Waals surface area contributed by atoms with Crippen LogP contribution >= 0.6 is 0 Å². The molecule has 0 radical (unpaired) electrons. The third-order valence-electron chi connectivity index (χ3n) is 8.82. The van der Waals surface area contributed by atoms with Gasteiger partial charge in [0.05, 0.1) is 25.0 Å². The van der Waals surface area contributed by atoms with Gasteiger partial charge in [0.15, 0.2) is 5.79 Å². The zero-order valence-corrected chi connectivity index (χ0v) is 29.2. The summed E-state index contributed by atoms with van der Waals surface area (Å²) in [5, 5.41) is 23.6. The Morgan fingerprint density at radius 2 is 1.68 bits per heavy atom. The first kappa shape index (κ1) is 38.8. The van der Waals surface area contributed by atoms with Crippen molar-refractivity contribution in [3.05, 3.63) is 88.7 Å². The Balaban J connectivity index is 1.56. The van der Waals surface area contributed by atoms with Crippen molar-refractivity contribution in [2.24, 2.45) is 0 Å². The van der Waals surface area contributed by atoms with E-state index in [9.17, 15) is 14.4 Å². The fourth-order valence-corrected chi connectivity index (χ4v) is 6.26. The number of ether oxygens (including phenoxy) is 4. The highest BCUT2D eigenvalue weighted by Gasteiger charge is 2.52. The number of carbonyl (C=O) groups excluding carboxylic acids is 3. The van der Waals surface area contributed by atoms with Crippen molar-refractivity contribution in [1.29, 1.82) is 0 Å². The van der Waals surface area contributed by atoms with Gasteiger partial charge in [-0.1, -0.05) is 69.9 Å². The van der Waals surface area contributed by atoms with Crippen LogP contribution in [0.25, 0.3) is 6.08 Å². The first-order chi connectivity index (χ1) is 24.3. The molecule has 4 rings (SSSR count). The van der Waals surface area contributed by atoms with Gasteiger partial charge in [-0.15, -0.1) is 0 Å². The SMILES string of the molecule is CCCCCC1(CCCCC)O[C@@H]2[C@@H](C=C(C(=O)NCc3cccc(C(=O)NCCO)c3)C[C@H]2OC(=O)c2ccccc2C=COCCO)O1. The van der Waals surface area contributed by atoms with Crippen LogP contribution in [0, 0.1) is 0 Å². The summed E-state index contributed by atoms with van der Waals surface area (Å²) in [6.07, 6.45) is 10.5. The summed E-state index contributed by atoms with van der Waals surface area (Å²) in [5.74, 6) is -2.05. The lowest BCUT2D eigenvalue weighted by Gasteiger charge is -2.31. The van der Waals surface area contributed by atoms with Crippen LogP contribution < -0.4 is 10.6 Å². The number of amides is 2. The summed E-state index contributed by atoms with van der Waals surface area (Å²) in [6, 6.07) is 13.9. The maximum Gasteiger partial charge on any atom is 0.339 e. The van der Waals surface area contributed by atoms with Gasteiger partial charge in [-0.2, -0.15) is 0 Å². The van der Waals surface area contributed by atoms with E-state index in [2.05, 4.69) is 24.5 Å². The van der Waals surface area contributed by atoms with Crippen LogP contribution in [0.15, 0.2) is 66.4 Å². The zero-order chi connectivity index (χ0) is 35.8. The lowest BCUT2D eigenvalue weighted by molar-refractivity contribution is -0.190. The highest BCUT2D eigenvalue weighted by Crippen LogP contribution is 2.43. The van der Waals surface area contributed by atoms with Crippen molar-refractivity contribution in [2.45, 2.75) is 102 Å². The summed E-state index contributed by atoms with van der Waals surface area (Å²) in [4.78, 5) is 39.8. The summed E-state index contributed by atoms with van der Waals surface area (Å²) < 4.78 is 24.9. The summed E-state index contributed by atoms with van der Waals surface area (Å²) in [6.45, 7) is 4.46.